The molecule has 0 heterocycles. The third-order valence-electron chi connectivity index (χ3n) is 1.95. The van der Waals surface area contributed by atoms with E-state index in [0.29, 0.717) is 0 Å². The van der Waals surface area contributed by atoms with E-state index < -0.39 is 0 Å². The second-order valence-electron chi connectivity index (χ2n) is 3.21. The van der Waals surface area contributed by atoms with Crippen molar-refractivity contribution in [3.63, 3.8) is 0 Å². The van der Waals surface area contributed by atoms with Crippen LogP contribution < -0.4 is 0 Å². The summed E-state index contributed by atoms with van der Waals surface area (Å²) in [4.78, 5) is 0. The molecule has 1 radical (unpaired) electrons. The molecule has 0 aromatic heterocycles. The molecule has 0 amide bonds. The lowest BCUT2D eigenvalue weighted by Gasteiger charge is -1.94. The SMILES string of the molecule is [CH2]c1cccc(/N=N/c2ccccc2)c1. The molecule has 2 nitrogen and oxygen atoms in total. The van der Waals surface area contributed by atoms with E-state index in [1.165, 1.54) is 0 Å². The van der Waals surface area contributed by atoms with Crippen molar-refractivity contribution in [1.82, 2.24) is 0 Å². The molecule has 0 spiro atoms. The van der Waals surface area contributed by atoms with Crippen molar-refractivity contribution in [2.45, 2.75) is 0 Å². The van der Waals surface area contributed by atoms with Crippen molar-refractivity contribution in [2.75, 3.05) is 0 Å². The van der Waals surface area contributed by atoms with E-state index in [2.05, 4.69) is 17.2 Å². The molecule has 0 saturated heterocycles. The Hall–Kier alpha value is -1.96. The Bertz CT molecular complexity index is 461. The fraction of sp³-hybridized carbons (Fsp3) is 0. The van der Waals surface area contributed by atoms with Crippen LogP contribution in [0.25, 0.3) is 0 Å². The zero-order chi connectivity index (χ0) is 10.5. The van der Waals surface area contributed by atoms with Crippen molar-refractivity contribution >= 4 is 11.4 Å². The Balaban J connectivity index is 2.19. The summed E-state index contributed by atoms with van der Waals surface area (Å²) in [5, 5.41) is 8.24. The van der Waals surface area contributed by atoms with Crippen molar-refractivity contribution < 1.29 is 0 Å². The predicted molar refractivity (Wildman–Crippen MR) is 61.5 cm³/mol. The third-order valence-corrected chi connectivity index (χ3v) is 1.95. The first kappa shape index (κ1) is 9.59. The molecular weight excluding hydrogens is 184 g/mol. The second kappa shape index (κ2) is 4.51. The summed E-state index contributed by atoms with van der Waals surface area (Å²) in [5.41, 5.74) is 2.62. The van der Waals surface area contributed by atoms with Gasteiger partial charge in [0.15, 0.2) is 0 Å². The van der Waals surface area contributed by atoms with Crippen molar-refractivity contribution in [2.24, 2.45) is 10.2 Å². The quantitative estimate of drug-likeness (QED) is 0.639. The molecule has 0 aliphatic rings. The van der Waals surface area contributed by atoms with Crippen LogP contribution in [0.5, 0.6) is 0 Å². The van der Waals surface area contributed by atoms with Crippen LogP contribution in [-0.2, 0) is 0 Å². The lowest BCUT2D eigenvalue weighted by atomic mass is 10.2. The molecule has 0 aliphatic heterocycles. The fourth-order valence-electron chi connectivity index (χ4n) is 1.23. The molecule has 15 heavy (non-hydrogen) atoms. The molecular formula is C13H11N2. The van der Waals surface area contributed by atoms with E-state index in [1.54, 1.807) is 0 Å². The smallest absolute Gasteiger partial charge is 0.0859 e. The average Bonchev–Trinajstić information content (AvgIpc) is 2.28. The molecule has 2 rings (SSSR count). The number of azo groups is 1. The summed E-state index contributed by atoms with van der Waals surface area (Å²) in [5.74, 6) is 0. The van der Waals surface area contributed by atoms with E-state index >= 15 is 0 Å². The van der Waals surface area contributed by atoms with Crippen molar-refractivity contribution in [3.05, 3.63) is 67.1 Å². The monoisotopic (exact) mass is 195 g/mol. The van der Waals surface area contributed by atoms with Gasteiger partial charge in [0, 0.05) is 0 Å². The molecule has 2 aromatic carbocycles. The standard InChI is InChI=1S/C13H11N2/c1-11-6-5-9-13(10-11)15-14-12-7-3-2-4-8-12/h2-10H,1H2/b15-14+. The zero-order valence-electron chi connectivity index (χ0n) is 8.30. The first-order chi connectivity index (χ1) is 7.34. The summed E-state index contributed by atoms with van der Waals surface area (Å²) < 4.78 is 0. The number of hydrogen-bond donors (Lipinski definition) is 0. The maximum Gasteiger partial charge on any atom is 0.0859 e. The van der Waals surface area contributed by atoms with E-state index in [4.69, 9.17) is 0 Å². The summed E-state index contributed by atoms with van der Waals surface area (Å²) >= 11 is 0. The van der Waals surface area contributed by atoms with Gasteiger partial charge in [-0.2, -0.15) is 10.2 Å². The Morgan fingerprint density at radius 2 is 1.40 bits per heavy atom. The number of benzene rings is 2. The molecule has 0 atom stereocenters. The second-order valence-corrected chi connectivity index (χ2v) is 3.21. The van der Waals surface area contributed by atoms with Gasteiger partial charge in [-0.05, 0) is 36.8 Å². The highest BCUT2D eigenvalue weighted by Gasteiger charge is 1.89. The van der Waals surface area contributed by atoms with Gasteiger partial charge in [-0.3, -0.25) is 0 Å². The zero-order valence-corrected chi connectivity index (χ0v) is 8.30. The van der Waals surface area contributed by atoms with E-state index in [-0.39, 0.29) is 0 Å². The first-order valence-corrected chi connectivity index (χ1v) is 4.73. The largest absolute Gasteiger partial charge is 0.151 e. The molecule has 73 valence electrons. The molecule has 0 bridgehead atoms. The third kappa shape index (κ3) is 2.74. The summed E-state index contributed by atoms with van der Waals surface area (Å²) in [6.45, 7) is 3.83. The summed E-state index contributed by atoms with van der Waals surface area (Å²) in [6, 6.07) is 17.3. The van der Waals surface area contributed by atoms with Crippen LogP contribution in [0.15, 0.2) is 64.8 Å². The van der Waals surface area contributed by atoms with Crippen LogP contribution in [0.1, 0.15) is 5.56 Å². The van der Waals surface area contributed by atoms with Gasteiger partial charge in [0.1, 0.15) is 0 Å². The van der Waals surface area contributed by atoms with Crippen LogP contribution in [0.3, 0.4) is 0 Å². The van der Waals surface area contributed by atoms with Gasteiger partial charge in [0.05, 0.1) is 11.4 Å². The van der Waals surface area contributed by atoms with Gasteiger partial charge in [0.2, 0.25) is 0 Å². The maximum absolute atomic E-state index is 4.12. The van der Waals surface area contributed by atoms with Crippen LogP contribution in [0, 0.1) is 6.92 Å². The van der Waals surface area contributed by atoms with Gasteiger partial charge in [-0.1, -0.05) is 30.3 Å². The molecule has 0 saturated carbocycles. The molecule has 0 unspecified atom stereocenters. The van der Waals surface area contributed by atoms with Crippen LogP contribution in [0.2, 0.25) is 0 Å². The minimum absolute atomic E-state index is 0.825. The van der Waals surface area contributed by atoms with E-state index in [9.17, 15) is 0 Å². The first-order valence-electron chi connectivity index (χ1n) is 4.73. The van der Waals surface area contributed by atoms with Crippen LogP contribution >= 0.6 is 0 Å². The van der Waals surface area contributed by atoms with Gasteiger partial charge in [-0.25, -0.2) is 0 Å². The highest BCUT2D eigenvalue weighted by Crippen LogP contribution is 2.18. The van der Waals surface area contributed by atoms with Crippen LogP contribution in [-0.4, -0.2) is 0 Å². The fourth-order valence-corrected chi connectivity index (χ4v) is 1.23. The molecule has 0 aliphatic carbocycles. The predicted octanol–water partition coefficient (Wildman–Crippen LogP) is 4.28. The van der Waals surface area contributed by atoms with Crippen LogP contribution in [0.4, 0.5) is 11.4 Å². The number of rotatable bonds is 2. The summed E-state index contributed by atoms with van der Waals surface area (Å²) in [7, 11) is 0. The maximum atomic E-state index is 4.12. The van der Waals surface area contributed by atoms with Crippen molar-refractivity contribution in [3.8, 4) is 0 Å². The highest BCUT2D eigenvalue weighted by molar-refractivity contribution is 5.42. The Morgan fingerprint density at radius 3 is 2.13 bits per heavy atom. The van der Waals surface area contributed by atoms with E-state index in [0.717, 1.165) is 16.9 Å². The van der Waals surface area contributed by atoms with Gasteiger partial charge in [-0.15, -0.1) is 0 Å². The Labute approximate surface area is 89.3 Å². The molecule has 2 aromatic rings. The Kier molecular flexibility index (Phi) is 2.88. The van der Waals surface area contributed by atoms with Crippen molar-refractivity contribution in [1.29, 1.82) is 0 Å². The van der Waals surface area contributed by atoms with Gasteiger partial charge in [0.25, 0.3) is 0 Å². The summed E-state index contributed by atoms with van der Waals surface area (Å²) in [6.07, 6.45) is 0. The lowest BCUT2D eigenvalue weighted by molar-refractivity contribution is 1.23. The molecule has 2 heteroatoms. The average molecular weight is 195 g/mol. The normalized spacial score (nSPS) is 10.7. The molecule has 0 N–H and O–H groups in total. The van der Waals surface area contributed by atoms with Gasteiger partial charge >= 0.3 is 0 Å². The number of nitrogens with zero attached hydrogens (tertiary/aromatic N) is 2. The molecule has 0 fully saturated rings. The lowest BCUT2D eigenvalue weighted by Crippen LogP contribution is -1.68. The Morgan fingerprint density at radius 1 is 0.733 bits per heavy atom. The number of hydrogen-bond acceptors (Lipinski definition) is 2. The minimum Gasteiger partial charge on any atom is -0.151 e. The highest BCUT2D eigenvalue weighted by atomic mass is 15.1. The minimum atomic E-state index is 0.825. The van der Waals surface area contributed by atoms with E-state index in [1.807, 2.05) is 54.6 Å². The topological polar surface area (TPSA) is 24.7 Å². The van der Waals surface area contributed by atoms with Gasteiger partial charge < -0.3 is 0 Å².